The Morgan fingerprint density at radius 3 is 2.18 bits per heavy atom. The first-order valence-corrected chi connectivity index (χ1v) is 9.36. The maximum atomic E-state index is 12.1. The number of halogens is 1. The number of esters is 1. The Labute approximate surface area is 169 Å². The Morgan fingerprint density at radius 1 is 0.964 bits per heavy atom. The van der Waals surface area contributed by atoms with Crippen molar-refractivity contribution in [1.82, 2.24) is 4.90 Å². The summed E-state index contributed by atoms with van der Waals surface area (Å²) in [5, 5.41) is 2.63. The number of anilines is 1. The summed E-state index contributed by atoms with van der Waals surface area (Å²) in [6, 6.07) is 13.4. The SMILES string of the molecule is O=C(COC(=O)c1ccc(CN2C(=O)CCC2=O)cc1)Nc1ccc(Br)cc1. The molecule has 2 aromatic rings. The molecule has 1 aliphatic heterocycles. The van der Waals surface area contributed by atoms with Gasteiger partial charge in [0.2, 0.25) is 11.8 Å². The number of nitrogens with zero attached hydrogens (tertiary/aromatic N) is 1. The predicted octanol–water partition coefficient (Wildman–Crippen LogP) is 2.89. The van der Waals surface area contributed by atoms with Gasteiger partial charge in [0.25, 0.3) is 5.91 Å². The van der Waals surface area contributed by atoms with E-state index in [1.165, 1.54) is 17.0 Å². The van der Waals surface area contributed by atoms with Crippen molar-refractivity contribution < 1.29 is 23.9 Å². The van der Waals surface area contributed by atoms with Crippen molar-refractivity contribution in [3.8, 4) is 0 Å². The summed E-state index contributed by atoms with van der Waals surface area (Å²) in [7, 11) is 0. The van der Waals surface area contributed by atoms with Crippen LogP contribution >= 0.6 is 15.9 Å². The molecule has 0 saturated carbocycles. The normalized spacial score (nSPS) is 13.5. The number of hydrogen-bond donors (Lipinski definition) is 1. The van der Waals surface area contributed by atoms with Gasteiger partial charge in [0, 0.05) is 23.0 Å². The van der Waals surface area contributed by atoms with Gasteiger partial charge in [0.05, 0.1) is 12.1 Å². The van der Waals surface area contributed by atoms with E-state index in [4.69, 9.17) is 4.74 Å². The Balaban J connectivity index is 1.50. The Morgan fingerprint density at radius 2 is 1.57 bits per heavy atom. The lowest BCUT2D eigenvalue weighted by Crippen LogP contribution is -2.28. The largest absolute Gasteiger partial charge is 0.452 e. The van der Waals surface area contributed by atoms with Crippen molar-refractivity contribution in [3.63, 3.8) is 0 Å². The lowest BCUT2D eigenvalue weighted by Gasteiger charge is -2.13. The van der Waals surface area contributed by atoms with Crippen LogP contribution in [-0.4, -0.2) is 35.2 Å². The highest BCUT2D eigenvalue weighted by molar-refractivity contribution is 9.10. The van der Waals surface area contributed by atoms with Crippen molar-refractivity contribution in [2.24, 2.45) is 0 Å². The van der Waals surface area contributed by atoms with Crippen LogP contribution < -0.4 is 5.32 Å². The zero-order valence-corrected chi connectivity index (χ0v) is 16.4. The predicted molar refractivity (Wildman–Crippen MR) is 104 cm³/mol. The maximum Gasteiger partial charge on any atom is 0.338 e. The molecule has 144 valence electrons. The van der Waals surface area contributed by atoms with E-state index >= 15 is 0 Å². The van der Waals surface area contributed by atoms with Crippen molar-refractivity contribution in [2.75, 3.05) is 11.9 Å². The third-order valence-corrected chi connectivity index (χ3v) is 4.68. The summed E-state index contributed by atoms with van der Waals surface area (Å²) in [5.74, 6) is -1.46. The van der Waals surface area contributed by atoms with Gasteiger partial charge in [-0.15, -0.1) is 0 Å². The molecule has 0 bridgehead atoms. The molecular weight excluding hydrogens is 428 g/mol. The Hall–Kier alpha value is -3.00. The van der Waals surface area contributed by atoms with Crippen LogP contribution in [0.25, 0.3) is 0 Å². The molecule has 3 rings (SSSR count). The number of benzene rings is 2. The summed E-state index contributed by atoms with van der Waals surface area (Å²) in [4.78, 5) is 48.5. The van der Waals surface area contributed by atoms with Crippen LogP contribution in [0.15, 0.2) is 53.0 Å². The molecule has 0 aromatic heterocycles. The monoisotopic (exact) mass is 444 g/mol. The number of likely N-dealkylation sites (tertiary alicyclic amines) is 1. The second kappa shape index (κ2) is 8.79. The minimum atomic E-state index is -0.633. The molecule has 1 fully saturated rings. The molecule has 28 heavy (non-hydrogen) atoms. The summed E-state index contributed by atoms with van der Waals surface area (Å²) < 4.78 is 5.90. The summed E-state index contributed by atoms with van der Waals surface area (Å²) >= 11 is 3.30. The van der Waals surface area contributed by atoms with E-state index in [-0.39, 0.29) is 36.8 Å². The van der Waals surface area contributed by atoms with E-state index in [0.717, 1.165) is 10.0 Å². The van der Waals surface area contributed by atoms with Gasteiger partial charge in [-0.25, -0.2) is 4.79 Å². The lowest BCUT2D eigenvalue weighted by atomic mass is 10.1. The number of nitrogens with one attached hydrogen (secondary N) is 1. The average Bonchev–Trinajstić information content (AvgIpc) is 3.00. The van der Waals surface area contributed by atoms with Gasteiger partial charge in [-0.1, -0.05) is 28.1 Å². The third kappa shape index (κ3) is 5.04. The van der Waals surface area contributed by atoms with Crippen molar-refractivity contribution in [1.29, 1.82) is 0 Å². The van der Waals surface area contributed by atoms with Gasteiger partial charge in [0.15, 0.2) is 6.61 Å². The molecule has 1 heterocycles. The average molecular weight is 445 g/mol. The summed E-state index contributed by atoms with van der Waals surface area (Å²) in [5.41, 5.74) is 1.60. The van der Waals surface area contributed by atoms with Crippen LogP contribution in [-0.2, 0) is 25.7 Å². The van der Waals surface area contributed by atoms with Crippen LogP contribution in [0.3, 0.4) is 0 Å². The van der Waals surface area contributed by atoms with E-state index in [1.807, 2.05) is 0 Å². The van der Waals surface area contributed by atoms with E-state index in [2.05, 4.69) is 21.2 Å². The minimum Gasteiger partial charge on any atom is -0.452 e. The molecule has 3 amide bonds. The molecule has 0 atom stereocenters. The fourth-order valence-corrected chi connectivity index (χ4v) is 2.94. The topological polar surface area (TPSA) is 92.8 Å². The van der Waals surface area contributed by atoms with Gasteiger partial charge in [-0.2, -0.15) is 0 Å². The zero-order valence-electron chi connectivity index (χ0n) is 14.8. The first-order valence-electron chi connectivity index (χ1n) is 8.57. The molecule has 1 saturated heterocycles. The second-order valence-electron chi connectivity index (χ2n) is 6.20. The highest BCUT2D eigenvalue weighted by Gasteiger charge is 2.28. The fourth-order valence-electron chi connectivity index (χ4n) is 2.67. The standard InChI is InChI=1S/C20H17BrN2O5/c21-15-5-7-16(8-6-15)22-17(24)12-28-20(27)14-3-1-13(2-4-14)11-23-18(25)9-10-19(23)26/h1-8H,9-12H2,(H,22,24). The molecule has 0 aliphatic carbocycles. The van der Waals surface area contributed by atoms with E-state index < -0.39 is 18.5 Å². The molecule has 7 nitrogen and oxygen atoms in total. The second-order valence-corrected chi connectivity index (χ2v) is 7.12. The van der Waals surface area contributed by atoms with Crippen LogP contribution in [0, 0.1) is 0 Å². The van der Waals surface area contributed by atoms with Gasteiger partial charge >= 0.3 is 5.97 Å². The third-order valence-electron chi connectivity index (χ3n) is 4.15. The van der Waals surface area contributed by atoms with Gasteiger partial charge < -0.3 is 10.1 Å². The number of hydrogen-bond acceptors (Lipinski definition) is 5. The first-order chi connectivity index (χ1) is 13.4. The summed E-state index contributed by atoms with van der Waals surface area (Å²) in [6.45, 7) is -0.226. The maximum absolute atomic E-state index is 12.1. The zero-order chi connectivity index (χ0) is 20.1. The lowest BCUT2D eigenvalue weighted by molar-refractivity contribution is -0.139. The van der Waals surface area contributed by atoms with Crippen LogP contribution in [0.1, 0.15) is 28.8 Å². The van der Waals surface area contributed by atoms with E-state index in [1.54, 1.807) is 36.4 Å². The van der Waals surface area contributed by atoms with Gasteiger partial charge in [0.1, 0.15) is 0 Å². The quantitative estimate of drug-likeness (QED) is 0.546. The Bertz CT molecular complexity index is 893. The van der Waals surface area contributed by atoms with Crippen molar-refractivity contribution in [3.05, 3.63) is 64.1 Å². The molecular formula is C20H17BrN2O5. The van der Waals surface area contributed by atoms with Crippen molar-refractivity contribution in [2.45, 2.75) is 19.4 Å². The number of imide groups is 1. The molecule has 8 heteroatoms. The smallest absolute Gasteiger partial charge is 0.338 e. The molecule has 0 unspecified atom stereocenters. The molecule has 1 N–H and O–H groups in total. The Kier molecular flexibility index (Phi) is 6.20. The van der Waals surface area contributed by atoms with Crippen LogP contribution in [0.2, 0.25) is 0 Å². The van der Waals surface area contributed by atoms with E-state index in [0.29, 0.717) is 5.69 Å². The number of rotatable bonds is 6. The first kappa shape index (κ1) is 19.8. The van der Waals surface area contributed by atoms with Gasteiger partial charge in [-0.05, 0) is 42.0 Å². The highest BCUT2D eigenvalue weighted by atomic mass is 79.9. The number of ether oxygens (including phenoxy) is 1. The summed E-state index contributed by atoms with van der Waals surface area (Å²) in [6.07, 6.45) is 0.483. The number of amides is 3. The van der Waals surface area contributed by atoms with E-state index in [9.17, 15) is 19.2 Å². The minimum absolute atomic E-state index is 0.183. The molecule has 2 aromatic carbocycles. The fraction of sp³-hybridized carbons (Fsp3) is 0.200. The van der Waals surface area contributed by atoms with Crippen LogP contribution in [0.4, 0.5) is 5.69 Å². The van der Waals surface area contributed by atoms with Gasteiger partial charge in [-0.3, -0.25) is 19.3 Å². The molecule has 1 aliphatic rings. The molecule has 0 radical (unpaired) electrons. The number of carbonyl (C=O) groups excluding carboxylic acids is 4. The molecule has 0 spiro atoms. The van der Waals surface area contributed by atoms with Crippen LogP contribution in [0.5, 0.6) is 0 Å². The highest BCUT2D eigenvalue weighted by Crippen LogP contribution is 2.17. The number of carbonyl (C=O) groups is 4. The van der Waals surface area contributed by atoms with Crippen molar-refractivity contribution >= 4 is 45.3 Å².